The summed E-state index contributed by atoms with van der Waals surface area (Å²) in [6, 6.07) is 16.5. The van der Waals surface area contributed by atoms with Gasteiger partial charge in [-0.2, -0.15) is 0 Å². The van der Waals surface area contributed by atoms with Crippen LogP contribution in [0.2, 0.25) is 0 Å². The van der Waals surface area contributed by atoms with Crippen LogP contribution < -0.4 is 10.1 Å². The maximum absolute atomic E-state index is 5.82. The minimum atomic E-state index is 0.501. The molecule has 0 amide bonds. The first-order valence-electron chi connectivity index (χ1n) is 7.98. The first kappa shape index (κ1) is 15.2. The molecule has 5 nitrogen and oxygen atoms in total. The molecule has 0 saturated heterocycles. The summed E-state index contributed by atoms with van der Waals surface area (Å²) < 4.78 is 11.0. The van der Waals surface area contributed by atoms with Gasteiger partial charge in [0, 0.05) is 29.9 Å². The van der Waals surface area contributed by atoms with Crippen molar-refractivity contribution in [2.24, 2.45) is 0 Å². The fourth-order valence-electron chi connectivity index (χ4n) is 2.65. The summed E-state index contributed by atoms with van der Waals surface area (Å²) in [5.74, 6) is 1.57. The molecule has 0 spiro atoms. The van der Waals surface area contributed by atoms with Crippen molar-refractivity contribution in [2.75, 3.05) is 12.4 Å². The third-order valence-electron chi connectivity index (χ3n) is 4.03. The van der Waals surface area contributed by atoms with E-state index >= 15 is 0 Å². The van der Waals surface area contributed by atoms with E-state index in [4.69, 9.17) is 9.15 Å². The molecule has 0 fully saturated rings. The van der Waals surface area contributed by atoms with E-state index < -0.39 is 0 Å². The Kier molecular flexibility index (Phi) is 4.04. The average Bonchev–Trinajstić information content (AvgIpc) is 3.15. The number of nitrogens with one attached hydrogen (secondary N) is 1. The highest BCUT2D eigenvalue weighted by Gasteiger charge is 2.07. The molecule has 0 bridgehead atoms. The van der Waals surface area contributed by atoms with Gasteiger partial charge in [0.15, 0.2) is 5.76 Å². The lowest BCUT2D eigenvalue weighted by atomic mass is 10.1. The molecule has 1 N–H and O–H groups in total. The second kappa shape index (κ2) is 6.65. The molecule has 25 heavy (non-hydrogen) atoms. The van der Waals surface area contributed by atoms with E-state index in [0.717, 1.165) is 33.4 Å². The summed E-state index contributed by atoms with van der Waals surface area (Å²) in [6.07, 6.45) is 5.37. The number of oxazole rings is 1. The lowest BCUT2D eigenvalue weighted by Crippen LogP contribution is -1.99. The van der Waals surface area contributed by atoms with Crippen molar-refractivity contribution in [3.05, 3.63) is 72.7 Å². The Hall–Kier alpha value is -3.34. The van der Waals surface area contributed by atoms with Gasteiger partial charge in [0.1, 0.15) is 5.75 Å². The topological polar surface area (TPSA) is 60.2 Å². The Bertz CT molecular complexity index is 993. The number of benzene rings is 2. The van der Waals surface area contributed by atoms with Crippen LogP contribution in [0.3, 0.4) is 0 Å². The Morgan fingerprint density at radius 2 is 1.88 bits per heavy atom. The molecular weight excluding hydrogens is 314 g/mol. The molecule has 0 aliphatic heterocycles. The number of fused-ring (bicyclic) bond motifs is 1. The van der Waals surface area contributed by atoms with E-state index in [2.05, 4.69) is 21.4 Å². The lowest BCUT2D eigenvalue weighted by Gasteiger charge is -2.04. The predicted molar refractivity (Wildman–Crippen MR) is 97.6 cm³/mol. The molecule has 124 valence electrons. The van der Waals surface area contributed by atoms with Crippen molar-refractivity contribution in [1.29, 1.82) is 0 Å². The zero-order valence-electron chi connectivity index (χ0n) is 13.8. The monoisotopic (exact) mass is 331 g/mol. The first-order chi connectivity index (χ1) is 12.3. The summed E-state index contributed by atoms with van der Waals surface area (Å²) in [5, 5.41) is 5.42. The standard InChI is InChI=1S/C20H17N3O2/c1-24-18-6-2-14(3-7-18)11-22-20-23-13-19(25-20)16-4-5-17-12-21-9-8-15(17)10-16/h2-10,12-13H,11H2,1H3,(H,22,23). The van der Waals surface area contributed by atoms with Crippen LogP contribution in [0, 0.1) is 0 Å². The van der Waals surface area contributed by atoms with Gasteiger partial charge in [0.25, 0.3) is 6.01 Å². The minimum absolute atomic E-state index is 0.501. The van der Waals surface area contributed by atoms with Crippen molar-refractivity contribution in [2.45, 2.75) is 6.54 Å². The molecule has 0 radical (unpaired) electrons. The number of ether oxygens (including phenoxy) is 1. The Morgan fingerprint density at radius 3 is 2.72 bits per heavy atom. The summed E-state index contributed by atoms with van der Waals surface area (Å²) in [4.78, 5) is 8.44. The van der Waals surface area contributed by atoms with E-state index in [9.17, 15) is 0 Å². The summed E-state index contributed by atoms with van der Waals surface area (Å²) in [5.41, 5.74) is 2.11. The normalized spacial score (nSPS) is 10.8. The minimum Gasteiger partial charge on any atom is -0.497 e. The molecule has 2 heterocycles. The number of hydrogen-bond acceptors (Lipinski definition) is 5. The van der Waals surface area contributed by atoms with Crippen LogP contribution in [0.15, 0.2) is 71.5 Å². The van der Waals surface area contributed by atoms with Gasteiger partial charge in [0.05, 0.1) is 13.3 Å². The Morgan fingerprint density at radius 1 is 1.00 bits per heavy atom. The van der Waals surface area contributed by atoms with Crippen LogP contribution in [0.4, 0.5) is 6.01 Å². The second-order valence-corrected chi connectivity index (χ2v) is 5.67. The summed E-state index contributed by atoms with van der Waals surface area (Å²) in [7, 11) is 1.66. The third kappa shape index (κ3) is 3.30. The molecule has 5 heteroatoms. The number of rotatable bonds is 5. The fourth-order valence-corrected chi connectivity index (χ4v) is 2.65. The number of aromatic nitrogens is 2. The summed E-state index contributed by atoms with van der Waals surface area (Å²) >= 11 is 0. The molecule has 0 unspecified atom stereocenters. The number of hydrogen-bond donors (Lipinski definition) is 1. The summed E-state index contributed by atoms with van der Waals surface area (Å²) in [6.45, 7) is 0.632. The van der Waals surface area contributed by atoms with Gasteiger partial charge in [-0.1, -0.05) is 24.3 Å². The van der Waals surface area contributed by atoms with Gasteiger partial charge in [-0.05, 0) is 35.2 Å². The number of pyridine rings is 1. The quantitative estimate of drug-likeness (QED) is 0.583. The molecule has 2 aromatic heterocycles. The highest BCUT2D eigenvalue weighted by Crippen LogP contribution is 2.26. The SMILES string of the molecule is COc1ccc(CNc2ncc(-c3ccc4cnccc4c3)o2)cc1. The molecule has 0 aliphatic carbocycles. The van der Waals surface area contributed by atoms with Gasteiger partial charge in [-0.3, -0.25) is 4.98 Å². The van der Waals surface area contributed by atoms with Crippen LogP contribution in [-0.2, 0) is 6.54 Å². The highest BCUT2D eigenvalue weighted by molar-refractivity contribution is 5.85. The zero-order valence-corrected chi connectivity index (χ0v) is 13.8. The van der Waals surface area contributed by atoms with Gasteiger partial charge < -0.3 is 14.5 Å². The van der Waals surface area contributed by atoms with Crippen molar-refractivity contribution in [3.63, 3.8) is 0 Å². The number of methoxy groups -OCH3 is 1. The highest BCUT2D eigenvalue weighted by atomic mass is 16.5. The van der Waals surface area contributed by atoms with Crippen molar-refractivity contribution < 1.29 is 9.15 Å². The Labute approximate surface area is 145 Å². The van der Waals surface area contributed by atoms with E-state index in [0.29, 0.717) is 12.6 Å². The van der Waals surface area contributed by atoms with E-state index in [1.54, 1.807) is 19.5 Å². The lowest BCUT2D eigenvalue weighted by molar-refractivity contribution is 0.414. The van der Waals surface area contributed by atoms with Crippen molar-refractivity contribution in [3.8, 4) is 17.1 Å². The third-order valence-corrected chi connectivity index (χ3v) is 4.03. The van der Waals surface area contributed by atoms with E-state index in [-0.39, 0.29) is 0 Å². The van der Waals surface area contributed by atoms with Crippen LogP contribution in [-0.4, -0.2) is 17.1 Å². The smallest absolute Gasteiger partial charge is 0.295 e. The number of nitrogens with zero attached hydrogens (tertiary/aromatic N) is 2. The largest absolute Gasteiger partial charge is 0.497 e. The van der Waals surface area contributed by atoms with Crippen LogP contribution >= 0.6 is 0 Å². The molecule has 0 aliphatic rings. The predicted octanol–water partition coefficient (Wildman–Crippen LogP) is 4.51. The van der Waals surface area contributed by atoms with Gasteiger partial charge in [-0.25, -0.2) is 4.98 Å². The fraction of sp³-hybridized carbons (Fsp3) is 0.100. The number of anilines is 1. The molecule has 2 aromatic carbocycles. The molecule has 4 aromatic rings. The van der Waals surface area contributed by atoms with Crippen molar-refractivity contribution in [1.82, 2.24) is 9.97 Å². The van der Waals surface area contributed by atoms with Crippen LogP contribution in [0.25, 0.3) is 22.1 Å². The van der Waals surface area contributed by atoms with Gasteiger partial charge in [-0.15, -0.1) is 0 Å². The molecular formula is C20H17N3O2. The van der Waals surface area contributed by atoms with Crippen LogP contribution in [0.5, 0.6) is 5.75 Å². The van der Waals surface area contributed by atoms with Gasteiger partial charge >= 0.3 is 0 Å². The molecule has 0 saturated carbocycles. The maximum atomic E-state index is 5.82. The second-order valence-electron chi connectivity index (χ2n) is 5.67. The first-order valence-corrected chi connectivity index (χ1v) is 7.98. The van der Waals surface area contributed by atoms with E-state index in [1.807, 2.05) is 48.7 Å². The molecule has 4 rings (SSSR count). The zero-order chi connectivity index (χ0) is 17.1. The average molecular weight is 331 g/mol. The van der Waals surface area contributed by atoms with Crippen LogP contribution in [0.1, 0.15) is 5.56 Å². The van der Waals surface area contributed by atoms with E-state index in [1.165, 1.54) is 0 Å². The molecule has 0 atom stereocenters. The van der Waals surface area contributed by atoms with Gasteiger partial charge in [0.2, 0.25) is 0 Å². The van der Waals surface area contributed by atoms with Crippen molar-refractivity contribution >= 4 is 16.8 Å². The maximum Gasteiger partial charge on any atom is 0.295 e. The Balaban J connectivity index is 1.48.